The van der Waals surface area contributed by atoms with Crippen molar-refractivity contribution in [2.24, 2.45) is 0 Å². The fourth-order valence-corrected chi connectivity index (χ4v) is 4.02. The molecule has 3 rings (SSSR count). The number of carbonyl (C=O) groups is 1. The van der Waals surface area contributed by atoms with Gasteiger partial charge in [0.1, 0.15) is 0 Å². The van der Waals surface area contributed by atoms with Crippen LogP contribution in [0.15, 0.2) is 58.8 Å². The van der Waals surface area contributed by atoms with Crippen LogP contribution < -0.4 is 5.32 Å². The fourth-order valence-electron chi connectivity index (χ4n) is 2.21. The molecule has 0 fully saturated rings. The second-order valence-corrected chi connectivity index (χ2v) is 8.26. The maximum Gasteiger partial charge on any atom is 0.239 e. The molecule has 25 heavy (non-hydrogen) atoms. The molecule has 6 heteroatoms. The maximum absolute atomic E-state index is 12.4. The molecule has 0 aliphatic heterocycles. The van der Waals surface area contributed by atoms with E-state index in [9.17, 15) is 4.79 Å². The number of aryl methyl sites for hydroxylation is 1. The highest BCUT2D eigenvalue weighted by atomic mass is 35.5. The van der Waals surface area contributed by atoms with E-state index in [1.54, 1.807) is 0 Å². The number of rotatable bonds is 5. The molecule has 0 bridgehead atoms. The Morgan fingerprint density at radius 3 is 2.64 bits per heavy atom. The highest BCUT2D eigenvalue weighted by Gasteiger charge is 2.16. The molecule has 2 aromatic carbocycles. The number of benzene rings is 2. The van der Waals surface area contributed by atoms with E-state index in [1.807, 2.05) is 67.8 Å². The number of carbonyl (C=O) groups excluding carboxylic acids is 1. The van der Waals surface area contributed by atoms with Crippen LogP contribution in [-0.2, 0) is 4.79 Å². The van der Waals surface area contributed by atoms with Crippen LogP contribution in [0.3, 0.4) is 0 Å². The average molecular weight is 389 g/mol. The number of amides is 1. The monoisotopic (exact) mass is 388 g/mol. The number of thiazole rings is 1. The predicted octanol–water partition coefficient (Wildman–Crippen LogP) is 5.89. The molecular weight excluding hydrogens is 372 g/mol. The third-order valence-corrected chi connectivity index (χ3v) is 5.79. The Kier molecular flexibility index (Phi) is 5.78. The van der Waals surface area contributed by atoms with Crippen LogP contribution >= 0.6 is 34.7 Å². The van der Waals surface area contributed by atoms with Gasteiger partial charge in [-0.2, -0.15) is 0 Å². The van der Waals surface area contributed by atoms with E-state index in [0.29, 0.717) is 10.2 Å². The Balaban J connectivity index is 1.65. The van der Waals surface area contributed by atoms with Gasteiger partial charge in [-0.3, -0.25) is 4.79 Å². The molecule has 0 aliphatic rings. The highest BCUT2D eigenvalue weighted by Crippen LogP contribution is 2.31. The first-order chi connectivity index (χ1) is 12.0. The molecule has 1 heterocycles. The predicted molar refractivity (Wildman–Crippen MR) is 108 cm³/mol. The summed E-state index contributed by atoms with van der Waals surface area (Å²) in [6.45, 7) is 3.94. The Hall–Kier alpha value is -1.82. The Labute approximate surface area is 160 Å². The van der Waals surface area contributed by atoms with Gasteiger partial charge in [-0.1, -0.05) is 47.5 Å². The van der Waals surface area contributed by atoms with Crippen LogP contribution in [0.2, 0.25) is 5.02 Å². The summed E-state index contributed by atoms with van der Waals surface area (Å²) in [4.78, 5) is 18.0. The van der Waals surface area contributed by atoms with E-state index < -0.39 is 0 Å². The normalized spacial score (nSPS) is 12.0. The quantitative estimate of drug-likeness (QED) is 0.554. The molecule has 0 saturated carbocycles. The number of halogens is 1. The maximum atomic E-state index is 12.4. The number of nitrogens with zero attached hydrogens (tertiary/aromatic N) is 1. The van der Waals surface area contributed by atoms with Crippen molar-refractivity contribution in [1.82, 2.24) is 4.98 Å². The van der Waals surface area contributed by atoms with Crippen LogP contribution in [0.5, 0.6) is 0 Å². The van der Waals surface area contributed by atoms with Crippen LogP contribution in [0, 0.1) is 6.92 Å². The lowest BCUT2D eigenvalue weighted by Gasteiger charge is -2.10. The van der Waals surface area contributed by atoms with Gasteiger partial charge in [-0.15, -0.1) is 23.1 Å². The summed E-state index contributed by atoms with van der Waals surface area (Å²) in [5.41, 5.74) is 2.84. The molecule has 0 saturated heterocycles. The number of nitrogens with one attached hydrogen (secondary N) is 1. The van der Waals surface area contributed by atoms with Crippen LogP contribution in [-0.4, -0.2) is 16.1 Å². The smallest absolute Gasteiger partial charge is 0.239 e. The van der Waals surface area contributed by atoms with Gasteiger partial charge in [0.25, 0.3) is 0 Å². The largest absolute Gasteiger partial charge is 0.301 e. The van der Waals surface area contributed by atoms with Crippen LogP contribution in [0.1, 0.15) is 12.5 Å². The van der Waals surface area contributed by atoms with Gasteiger partial charge in [-0.05, 0) is 32.0 Å². The molecule has 1 amide bonds. The summed E-state index contributed by atoms with van der Waals surface area (Å²) in [7, 11) is 0. The van der Waals surface area contributed by atoms with Crippen molar-refractivity contribution in [2.45, 2.75) is 24.0 Å². The summed E-state index contributed by atoms with van der Waals surface area (Å²) >= 11 is 9.12. The van der Waals surface area contributed by atoms with E-state index in [4.69, 9.17) is 11.6 Å². The van der Waals surface area contributed by atoms with Crippen LogP contribution in [0.4, 0.5) is 5.13 Å². The van der Waals surface area contributed by atoms with E-state index in [0.717, 1.165) is 16.2 Å². The molecule has 0 radical (unpaired) electrons. The zero-order valence-corrected chi connectivity index (χ0v) is 16.2. The van der Waals surface area contributed by atoms with Crippen molar-refractivity contribution in [3.63, 3.8) is 0 Å². The van der Waals surface area contributed by atoms with Gasteiger partial charge in [0.05, 0.1) is 10.9 Å². The lowest BCUT2D eigenvalue weighted by Crippen LogP contribution is -2.22. The third-order valence-electron chi connectivity index (χ3n) is 3.59. The minimum Gasteiger partial charge on any atom is -0.301 e. The molecule has 1 unspecified atom stereocenters. The molecule has 0 aliphatic carbocycles. The lowest BCUT2D eigenvalue weighted by atomic mass is 10.2. The van der Waals surface area contributed by atoms with Crippen molar-refractivity contribution in [3.8, 4) is 11.3 Å². The van der Waals surface area contributed by atoms with E-state index in [-0.39, 0.29) is 11.2 Å². The van der Waals surface area contributed by atoms with E-state index in [1.165, 1.54) is 28.7 Å². The minimum absolute atomic E-state index is 0.0642. The van der Waals surface area contributed by atoms with Crippen molar-refractivity contribution >= 4 is 45.7 Å². The number of hydrogen-bond donors (Lipinski definition) is 1. The summed E-state index contributed by atoms with van der Waals surface area (Å²) < 4.78 is 0. The molecular formula is C19H17ClN2OS2. The second kappa shape index (κ2) is 8.04. The standard InChI is InChI=1S/C19H17ClN2OS2/c1-12-7-9-14(10-8-12)25-13(2)18(23)22-19-21-17(11-24-19)15-5-3-4-6-16(15)20/h3-11,13H,1-2H3,(H,21,22,23). The number of anilines is 1. The second-order valence-electron chi connectivity index (χ2n) is 5.58. The lowest BCUT2D eigenvalue weighted by molar-refractivity contribution is -0.115. The van der Waals surface area contributed by atoms with Crippen LogP contribution in [0.25, 0.3) is 11.3 Å². The van der Waals surface area contributed by atoms with Gasteiger partial charge in [0, 0.05) is 20.9 Å². The topological polar surface area (TPSA) is 42.0 Å². The van der Waals surface area contributed by atoms with E-state index in [2.05, 4.69) is 10.3 Å². The van der Waals surface area contributed by atoms with Gasteiger partial charge in [0.2, 0.25) is 5.91 Å². The number of thioether (sulfide) groups is 1. The van der Waals surface area contributed by atoms with Crippen molar-refractivity contribution < 1.29 is 4.79 Å². The zero-order chi connectivity index (χ0) is 17.8. The summed E-state index contributed by atoms with van der Waals surface area (Å²) in [6.07, 6.45) is 0. The first kappa shape index (κ1) is 18.0. The first-order valence-corrected chi connectivity index (χ1v) is 9.91. The zero-order valence-electron chi connectivity index (χ0n) is 13.8. The third kappa shape index (κ3) is 4.63. The fraction of sp³-hybridized carbons (Fsp3) is 0.158. The van der Waals surface area contributed by atoms with Gasteiger partial charge in [-0.25, -0.2) is 4.98 Å². The Morgan fingerprint density at radius 1 is 1.20 bits per heavy atom. The Bertz CT molecular complexity index is 877. The molecule has 0 spiro atoms. The number of aromatic nitrogens is 1. The molecule has 3 aromatic rings. The van der Waals surface area contributed by atoms with Crippen molar-refractivity contribution in [3.05, 3.63) is 64.5 Å². The van der Waals surface area contributed by atoms with Gasteiger partial charge >= 0.3 is 0 Å². The SMILES string of the molecule is Cc1ccc(SC(C)C(=O)Nc2nc(-c3ccccc3Cl)cs2)cc1. The highest BCUT2D eigenvalue weighted by molar-refractivity contribution is 8.00. The Morgan fingerprint density at radius 2 is 1.92 bits per heavy atom. The minimum atomic E-state index is -0.213. The van der Waals surface area contributed by atoms with Gasteiger partial charge < -0.3 is 5.32 Å². The van der Waals surface area contributed by atoms with Crippen molar-refractivity contribution in [2.75, 3.05) is 5.32 Å². The van der Waals surface area contributed by atoms with E-state index >= 15 is 0 Å². The summed E-state index contributed by atoms with van der Waals surface area (Å²) in [5.74, 6) is -0.0642. The van der Waals surface area contributed by atoms with Gasteiger partial charge in [0.15, 0.2) is 5.13 Å². The molecule has 3 nitrogen and oxygen atoms in total. The van der Waals surface area contributed by atoms with Crippen molar-refractivity contribution in [1.29, 1.82) is 0 Å². The molecule has 1 N–H and O–H groups in total. The molecule has 1 aromatic heterocycles. The summed E-state index contributed by atoms with van der Waals surface area (Å²) in [6, 6.07) is 15.7. The average Bonchev–Trinajstić information content (AvgIpc) is 3.05. The molecule has 1 atom stereocenters. The summed E-state index contributed by atoms with van der Waals surface area (Å²) in [5, 5.41) is 5.80. The molecule has 128 valence electrons. The number of hydrogen-bond acceptors (Lipinski definition) is 4. The first-order valence-electron chi connectivity index (χ1n) is 7.77.